The molecule has 16 heavy (non-hydrogen) atoms. The van der Waals surface area contributed by atoms with Gasteiger partial charge in [0.2, 0.25) is 5.91 Å². The third kappa shape index (κ3) is 4.61. The molecule has 0 bridgehead atoms. The van der Waals surface area contributed by atoms with Gasteiger partial charge < -0.3 is 10.4 Å². The van der Waals surface area contributed by atoms with E-state index < -0.39 is 5.97 Å². The maximum atomic E-state index is 11.5. The van der Waals surface area contributed by atoms with E-state index in [1.807, 2.05) is 0 Å². The van der Waals surface area contributed by atoms with Crippen LogP contribution in [0.2, 0.25) is 0 Å². The molecule has 0 aromatic carbocycles. The Morgan fingerprint density at radius 1 is 1.25 bits per heavy atom. The van der Waals surface area contributed by atoms with Crippen LogP contribution in [0.5, 0.6) is 0 Å². The van der Waals surface area contributed by atoms with E-state index >= 15 is 0 Å². The molecule has 92 valence electrons. The summed E-state index contributed by atoms with van der Waals surface area (Å²) >= 11 is 0. The van der Waals surface area contributed by atoms with E-state index in [4.69, 9.17) is 5.11 Å². The van der Waals surface area contributed by atoms with Gasteiger partial charge >= 0.3 is 5.97 Å². The third-order valence-electron chi connectivity index (χ3n) is 3.02. The number of carboxylic acids is 1. The van der Waals surface area contributed by atoms with Crippen molar-refractivity contribution in [2.24, 2.45) is 5.92 Å². The Morgan fingerprint density at radius 2 is 1.94 bits per heavy atom. The van der Waals surface area contributed by atoms with Crippen LogP contribution >= 0.6 is 0 Å². The summed E-state index contributed by atoms with van der Waals surface area (Å²) in [5, 5.41) is 13.9. The second-order valence-corrected chi connectivity index (χ2v) is 4.43. The first kappa shape index (κ1) is 13.0. The molecule has 0 aromatic heterocycles. The van der Waals surface area contributed by atoms with Crippen molar-refractivity contribution in [2.45, 2.75) is 38.6 Å². The van der Waals surface area contributed by atoms with E-state index in [2.05, 4.69) is 17.6 Å². The first-order valence-corrected chi connectivity index (χ1v) is 5.81. The number of amides is 1. The number of carbonyl (C=O) groups is 2. The van der Waals surface area contributed by atoms with Crippen molar-refractivity contribution in [3.63, 3.8) is 0 Å². The highest BCUT2D eigenvalue weighted by atomic mass is 16.4. The molecule has 5 nitrogen and oxygen atoms in total. The van der Waals surface area contributed by atoms with Crippen molar-refractivity contribution < 1.29 is 14.7 Å². The van der Waals surface area contributed by atoms with E-state index in [9.17, 15) is 9.59 Å². The van der Waals surface area contributed by atoms with Crippen LogP contribution in [-0.4, -0.2) is 36.1 Å². The minimum Gasteiger partial charge on any atom is -0.480 e. The second-order valence-electron chi connectivity index (χ2n) is 4.43. The highest BCUT2D eigenvalue weighted by Crippen LogP contribution is 2.23. The molecule has 0 heterocycles. The van der Waals surface area contributed by atoms with Crippen LogP contribution in [0.15, 0.2) is 0 Å². The van der Waals surface area contributed by atoms with Gasteiger partial charge in [0, 0.05) is 6.04 Å². The summed E-state index contributed by atoms with van der Waals surface area (Å²) < 4.78 is 0. The van der Waals surface area contributed by atoms with Gasteiger partial charge in [-0.3, -0.25) is 14.9 Å². The Morgan fingerprint density at radius 3 is 2.56 bits per heavy atom. The first-order valence-electron chi connectivity index (χ1n) is 5.81. The van der Waals surface area contributed by atoms with Gasteiger partial charge in [-0.05, 0) is 18.8 Å². The largest absolute Gasteiger partial charge is 0.480 e. The lowest BCUT2D eigenvalue weighted by atomic mass is 9.86. The van der Waals surface area contributed by atoms with Gasteiger partial charge in [0.1, 0.15) is 0 Å². The molecule has 1 amide bonds. The SMILES string of the molecule is CC1CCCCC1NC(=O)CNCC(=O)O. The molecule has 0 saturated heterocycles. The number of aliphatic carboxylic acids is 1. The third-order valence-corrected chi connectivity index (χ3v) is 3.02. The normalized spacial score (nSPS) is 25.1. The summed E-state index contributed by atoms with van der Waals surface area (Å²) in [5.74, 6) is -0.531. The molecule has 1 aliphatic carbocycles. The first-order chi connectivity index (χ1) is 7.59. The molecular weight excluding hydrogens is 208 g/mol. The van der Waals surface area contributed by atoms with Crippen LogP contribution in [-0.2, 0) is 9.59 Å². The number of carbonyl (C=O) groups excluding carboxylic acids is 1. The summed E-state index contributed by atoms with van der Waals surface area (Å²) in [6.45, 7) is 2.05. The average Bonchev–Trinajstić information content (AvgIpc) is 2.21. The molecule has 0 aromatic rings. The van der Waals surface area contributed by atoms with E-state index in [-0.39, 0.29) is 25.0 Å². The van der Waals surface area contributed by atoms with Gasteiger partial charge in [0.05, 0.1) is 13.1 Å². The Kier molecular flexibility index (Phi) is 5.25. The molecule has 2 unspecified atom stereocenters. The lowest BCUT2D eigenvalue weighted by molar-refractivity contribution is -0.136. The van der Waals surface area contributed by atoms with Gasteiger partial charge in [-0.15, -0.1) is 0 Å². The lowest BCUT2D eigenvalue weighted by Crippen LogP contribution is -2.45. The van der Waals surface area contributed by atoms with Gasteiger partial charge in [0.25, 0.3) is 0 Å². The molecule has 1 aliphatic rings. The summed E-state index contributed by atoms with van der Waals surface area (Å²) in [6.07, 6.45) is 4.60. The van der Waals surface area contributed by atoms with Gasteiger partial charge in [-0.1, -0.05) is 19.8 Å². The fourth-order valence-corrected chi connectivity index (χ4v) is 2.07. The minimum absolute atomic E-state index is 0.0789. The van der Waals surface area contributed by atoms with Gasteiger partial charge in [0.15, 0.2) is 0 Å². The van der Waals surface area contributed by atoms with Gasteiger partial charge in [-0.25, -0.2) is 0 Å². The summed E-state index contributed by atoms with van der Waals surface area (Å²) in [7, 11) is 0. The molecule has 0 spiro atoms. The summed E-state index contributed by atoms with van der Waals surface area (Å²) in [6, 6.07) is 0.257. The van der Waals surface area contributed by atoms with Crippen LogP contribution in [0.4, 0.5) is 0 Å². The monoisotopic (exact) mass is 228 g/mol. The lowest BCUT2D eigenvalue weighted by Gasteiger charge is -2.29. The van der Waals surface area contributed by atoms with E-state index in [1.165, 1.54) is 6.42 Å². The molecule has 1 rings (SSSR count). The van der Waals surface area contributed by atoms with E-state index in [1.54, 1.807) is 0 Å². The molecular formula is C11H20N2O3. The fourth-order valence-electron chi connectivity index (χ4n) is 2.07. The number of hydrogen-bond acceptors (Lipinski definition) is 3. The molecule has 0 radical (unpaired) electrons. The molecule has 1 saturated carbocycles. The van der Waals surface area contributed by atoms with Crippen molar-refractivity contribution >= 4 is 11.9 Å². The minimum atomic E-state index is -0.946. The Hall–Kier alpha value is -1.10. The van der Waals surface area contributed by atoms with Crippen molar-refractivity contribution in [1.29, 1.82) is 0 Å². The zero-order chi connectivity index (χ0) is 12.0. The maximum absolute atomic E-state index is 11.5. The molecule has 1 fully saturated rings. The van der Waals surface area contributed by atoms with Crippen LogP contribution in [0, 0.1) is 5.92 Å². The van der Waals surface area contributed by atoms with E-state index in [0.29, 0.717) is 5.92 Å². The Labute approximate surface area is 95.6 Å². The Balaban J connectivity index is 2.19. The Bertz CT molecular complexity index is 256. The maximum Gasteiger partial charge on any atom is 0.317 e. The predicted molar refractivity (Wildman–Crippen MR) is 60.1 cm³/mol. The fraction of sp³-hybridized carbons (Fsp3) is 0.818. The predicted octanol–water partition coefficient (Wildman–Crippen LogP) is 0.356. The van der Waals surface area contributed by atoms with Crippen LogP contribution < -0.4 is 10.6 Å². The highest BCUT2D eigenvalue weighted by molar-refractivity contribution is 5.79. The van der Waals surface area contributed by atoms with Crippen molar-refractivity contribution in [3.8, 4) is 0 Å². The smallest absolute Gasteiger partial charge is 0.317 e. The van der Waals surface area contributed by atoms with Gasteiger partial charge in [-0.2, -0.15) is 0 Å². The number of hydrogen-bond donors (Lipinski definition) is 3. The average molecular weight is 228 g/mol. The zero-order valence-electron chi connectivity index (χ0n) is 9.66. The standard InChI is InChI=1S/C11H20N2O3/c1-8-4-2-3-5-9(8)13-10(14)6-12-7-11(15)16/h8-9,12H,2-7H2,1H3,(H,13,14)(H,15,16). The van der Waals surface area contributed by atoms with Crippen LogP contribution in [0.25, 0.3) is 0 Å². The highest BCUT2D eigenvalue weighted by Gasteiger charge is 2.22. The summed E-state index contributed by atoms with van der Waals surface area (Å²) in [4.78, 5) is 21.7. The summed E-state index contributed by atoms with van der Waals surface area (Å²) in [5.41, 5.74) is 0. The van der Waals surface area contributed by atoms with Crippen LogP contribution in [0.1, 0.15) is 32.6 Å². The molecule has 3 N–H and O–H groups in total. The van der Waals surface area contributed by atoms with Crippen molar-refractivity contribution in [1.82, 2.24) is 10.6 Å². The number of carboxylic acid groups (broad SMARTS) is 1. The quantitative estimate of drug-likeness (QED) is 0.634. The van der Waals surface area contributed by atoms with Crippen molar-refractivity contribution in [2.75, 3.05) is 13.1 Å². The molecule has 2 atom stereocenters. The van der Waals surface area contributed by atoms with Crippen molar-refractivity contribution in [3.05, 3.63) is 0 Å². The van der Waals surface area contributed by atoms with Crippen LogP contribution in [0.3, 0.4) is 0 Å². The topological polar surface area (TPSA) is 78.4 Å². The number of nitrogens with one attached hydrogen (secondary N) is 2. The van der Waals surface area contributed by atoms with E-state index in [0.717, 1.165) is 19.3 Å². The molecule has 0 aliphatic heterocycles. The number of rotatable bonds is 5. The second kappa shape index (κ2) is 6.48. The zero-order valence-corrected chi connectivity index (χ0v) is 9.66. The molecule has 5 heteroatoms.